The SMILES string of the molecule is CC(C)C(=O)OC[C@H]1O[C@@H]2OC(O[C@@H]3C[C@@H]4CC[C@@]3(C)C4(C)C)(C(C)C)O[C@@H]2[C@@H](OC(=O)C(C)C)[C@@H]1OC(=O)C(C)C. The molecule has 2 heterocycles. The van der Waals surface area contributed by atoms with Crippen molar-refractivity contribution >= 4 is 17.9 Å². The molecule has 2 bridgehead atoms. The Morgan fingerprint density at radius 1 is 0.810 bits per heavy atom. The number of fused-ring (bicyclic) bond motifs is 3. The van der Waals surface area contributed by atoms with Crippen LogP contribution in [0.25, 0.3) is 0 Å². The van der Waals surface area contributed by atoms with Crippen LogP contribution < -0.4 is 0 Å². The van der Waals surface area contributed by atoms with Gasteiger partial charge in [-0.05, 0) is 36.0 Å². The molecule has 2 aliphatic heterocycles. The van der Waals surface area contributed by atoms with Crippen molar-refractivity contribution in [3.8, 4) is 0 Å². The molecule has 9 atom stereocenters. The van der Waals surface area contributed by atoms with Crippen LogP contribution >= 0.6 is 0 Å². The van der Waals surface area contributed by atoms with E-state index in [2.05, 4.69) is 20.8 Å². The number of carbonyl (C=O) groups is 3. The quantitative estimate of drug-likeness (QED) is 0.252. The Balaban J connectivity index is 1.68. The zero-order valence-electron chi connectivity index (χ0n) is 27.3. The number of esters is 3. The smallest absolute Gasteiger partial charge is 0.308 e. The second kappa shape index (κ2) is 12.0. The minimum absolute atomic E-state index is 0.0622. The lowest BCUT2D eigenvalue weighted by Crippen LogP contribution is -2.61. The van der Waals surface area contributed by atoms with Crippen molar-refractivity contribution in [3.05, 3.63) is 0 Å². The van der Waals surface area contributed by atoms with Crippen LogP contribution in [0.5, 0.6) is 0 Å². The van der Waals surface area contributed by atoms with Gasteiger partial charge in [-0.1, -0.05) is 76.2 Å². The van der Waals surface area contributed by atoms with Crippen LogP contribution in [0.15, 0.2) is 0 Å². The molecule has 240 valence electrons. The Hall–Kier alpha value is -1.75. The van der Waals surface area contributed by atoms with Crippen LogP contribution in [0.2, 0.25) is 0 Å². The summed E-state index contributed by atoms with van der Waals surface area (Å²) in [5.74, 6) is -3.90. The largest absolute Gasteiger partial charge is 0.463 e. The highest BCUT2D eigenvalue weighted by atomic mass is 16.9. The Labute approximate surface area is 250 Å². The number of ether oxygens (including phenoxy) is 7. The molecule has 1 unspecified atom stereocenters. The van der Waals surface area contributed by atoms with Crippen LogP contribution in [-0.2, 0) is 47.5 Å². The minimum Gasteiger partial charge on any atom is -0.463 e. The maximum absolute atomic E-state index is 13.0. The van der Waals surface area contributed by atoms with Crippen molar-refractivity contribution < 1.29 is 47.5 Å². The van der Waals surface area contributed by atoms with Crippen LogP contribution in [-0.4, -0.2) is 67.3 Å². The highest BCUT2D eigenvalue weighted by molar-refractivity contribution is 5.73. The van der Waals surface area contributed by atoms with Crippen molar-refractivity contribution in [2.45, 2.75) is 138 Å². The molecule has 4 fully saturated rings. The Kier molecular flexibility index (Phi) is 9.45. The summed E-state index contributed by atoms with van der Waals surface area (Å²) in [7, 11) is 0. The van der Waals surface area contributed by atoms with Gasteiger partial charge >= 0.3 is 17.9 Å². The van der Waals surface area contributed by atoms with E-state index < -0.39 is 66.4 Å². The van der Waals surface area contributed by atoms with Crippen LogP contribution in [0.4, 0.5) is 0 Å². The molecule has 0 N–H and O–H groups in total. The highest BCUT2D eigenvalue weighted by Crippen LogP contribution is 2.67. The zero-order chi connectivity index (χ0) is 31.4. The van der Waals surface area contributed by atoms with E-state index in [1.807, 2.05) is 13.8 Å². The van der Waals surface area contributed by atoms with E-state index in [0.717, 1.165) is 12.8 Å². The van der Waals surface area contributed by atoms with Crippen LogP contribution in [0.1, 0.15) is 95.4 Å². The molecular formula is C32H52O10. The summed E-state index contributed by atoms with van der Waals surface area (Å²) >= 11 is 0. The molecule has 0 aromatic heterocycles. The third-order valence-corrected chi connectivity index (χ3v) is 10.2. The summed E-state index contributed by atoms with van der Waals surface area (Å²) in [4.78, 5) is 38.2. The molecule has 0 aromatic carbocycles. The van der Waals surface area contributed by atoms with Gasteiger partial charge in [-0.15, -0.1) is 0 Å². The topological polar surface area (TPSA) is 116 Å². The zero-order valence-corrected chi connectivity index (χ0v) is 27.3. The first-order valence-corrected chi connectivity index (χ1v) is 15.7. The summed E-state index contributed by atoms with van der Waals surface area (Å²) in [5, 5.41) is 0. The highest BCUT2D eigenvalue weighted by Gasteiger charge is 2.67. The lowest BCUT2D eigenvalue weighted by Gasteiger charge is -2.43. The van der Waals surface area contributed by atoms with Gasteiger partial charge in [-0.2, -0.15) is 0 Å². The molecule has 2 aliphatic carbocycles. The average Bonchev–Trinajstić information content (AvgIpc) is 3.44. The monoisotopic (exact) mass is 596 g/mol. The molecule has 0 amide bonds. The van der Waals surface area contributed by atoms with E-state index in [4.69, 9.17) is 33.2 Å². The van der Waals surface area contributed by atoms with Gasteiger partial charge < -0.3 is 28.4 Å². The Morgan fingerprint density at radius 2 is 1.38 bits per heavy atom. The number of hydrogen-bond donors (Lipinski definition) is 0. The van der Waals surface area contributed by atoms with Crippen molar-refractivity contribution in [2.24, 2.45) is 40.4 Å². The first-order valence-electron chi connectivity index (χ1n) is 15.7. The number of hydrogen-bond acceptors (Lipinski definition) is 10. The van der Waals surface area contributed by atoms with Gasteiger partial charge in [0.05, 0.1) is 23.9 Å². The molecule has 10 heteroatoms. The lowest BCUT2D eigenvalue weighted by atomic mass is 9.70. The Bertz CT molecular complexity index is 1020. The second-order valence-corrected chi connectivity index (χ2v) is 14.6. The van der Waals surface area contributed by atoms with Crippen molar-refractivity contribution in [3.63, 3.8) is 0 Å². The van der Waals surface area contributed by atoms with E-state index in [0.29, 0.717) is 5.92 Å². The van der Waals surface area contributed by atoms with Crippen LogP contribution in [0, 0.1) is 40.4 Å². The molecule has 0 radical (unpaired) electrons. The molecule has 0 spiro atoms. The second-order valence-electron chi connectivity index (χ2n) is 14.6. The van der Waals surface area contributed by atoms with E-state index in [-0.39, 0.29) is 35.4 Å². The predicted molar refractivity (Wildman–Crippen MR) is 152 cm³/mol. The van der Waals surface area contributed by atoms with Gasteiger partial charge in [0.25, 0.3) is 5.97 Å². The van der Waals surface area contributed by atoms with E-state index in [1.165, 1.54) is 6.42 Å². The maximum Gasteiger partial charge on any atom is 0.308 e. The molecular weight excluding hydrogens is 544 g/mol. The molecule has 4 aliphatic rings. The molecule has 2 saturated carbocycles. The summed E-state index contributed by atoms with van der Waals surface area (Å²) < 4.78 is 43.7. The van der Waals surface area contributed by atoms with E-state index in [1.54, 1.807) is 41.5 Å². The fourth-order valence-electron chi connectivity index (χ4n) is 6.73. The number of rotatable bonds is 10. The van der Waals surface area contributed by atoms with Gasteiger partial charge in [0.1, 0.15) is 12.7 Å². The summed E-state index contributed by atoms with van der Waals surface area (Å²) in [6.07, 6.45) is -2.11. The predicted octanol–water partition coefficient (Wildman–Crippen LogP) is 5.00. The van der Waals surface area contributed by atoms with E-state index in [9.17, 15) is 14.4 Å². The van der Waals surface area contributed by atoms with Gasteiger partial charge in [0.2, 0.25) is 0 Å². The molecule has 42 heavy (non-hydrogen) atoms. The van der Waals surface area contributed by atoms with Gasteiger partial charge in [0.15, 0.2) is 24.6 Å². The first-order chi connectivity index (χ1) is 19.4. The summed E-state index contributed by atoms with van der Waals surface area (Å²) in [5.41, 5.74) is 0.0435. The van der Waals surface area contributed by atoms with Crippen molar-refractivity contribution in [1.29, 1.82) is 0 Å². The third kappa shape index (κ3) is 5.85. The third-order valence-electron chi connectivity index (χ3n) is 10.2. The molecule has 0 aromatic rings. The maximum atomic E-state index is 13.0. The van der Waals surface area contributed by atoms with Gasteiger partial charge in [-0.25, -0.2) is 0 Å². The first kappa shape index (κ1) is 33.1. The minimum atomic E-state index is -1.48. The fraction of sp³-hybridized carbons (Fsp3) is 0.906. The van der Waals surface area contributed by atoms with E-state index >= 15 is 0 Å². The average molecular weight is 597 g/mol. The van der Waals surface area contributed by atoms with Crippen molar-refractivity contribution in [2.75, 3.05) is 6.61 Å². The molecule has 4 rings (SSSR count). The van der Waals surface area contributed by atoms with Crippen LogP contribution in [0.3, 0.4) is 0 Å². The van der Waals surface area contributed by atoms with Crippen molar-refractivity contribution in [1.82, 2.24) is 0 Å². The summed E-state index contributed by atoms with van der Waals surface area (Å²) in [6, 6.07) is 0. The number of carbonyl (C=O) groups excluding carboxylic acids is 3. The normalized spacial score (nSPS) is 38.8. The van der Waals surface area contributed by atoms with Gasteiger partial charge in [0, 0.05) is 5.92 Å². The Morgan fingerprint density at radius 3 is 1.86 bits per heavy atom. The lowest BCUT2D eigenvalue weighted by molar-refractivity contribution is -0.397. The molecule has 10 nitrogen and oxygen atoms in total. The standard InChI is InChI=1S/C32H52O10/c1-16(2)26(33)36-15-21-23(38-27(34)17(3)4)24(39-28(35)18(5)6)25-29(37-21)42-32(41-25,19(7)8)40-22-14-20-12-13-31(22,11)30(20,9)10/h16-25,29H,12-15H2,1-11H3/t20-,21+,22+,23+,24-,25+,29+,31+,32?/m0/s1. The summed E-state index contributed by atoms with van der Waals surface area (Å²) in [6.45, 7) is 20.9. The fourth-order valence-corrected chi connectivity index (χ4v) is 6.73. The molecule has 2 saturated heterocycles. The van der Waals surface area contributed by atoms with Gasteiger partial charge in [-0.3, -0.25) is 19.1 Å².